The van der Waals surface area contributed by atoms with Crippen LogP contribution in [0.3, 0.4) is 0 Å². The van der Waals surface area contributed by atoms with Crippen LogP contribution in [0.2, 0.25) is 0 Å². The molecule has 0 aliphatic heterocycles. The molecule has 0 aliphatic rings. The molecule has 1 atom stereocenters. The first-order valence-electron chi connectivity index (χ1n) is 7.97. The lowest BCUT2D eigenvalue weighted by atomic mass is 10.0. The van der Waals surface area contributed by atoms with Gasteiger partial charge in [0.25, 0.3) is 5.91 Å². The first-order valence-corrected chi connectivity index (χ1v) is 7.97. The van der Waals surface area contributed by atoms with Gasteiger partial charge in [-0.25, -0.2) is 4.79 Å². The highest BCUT2D eigenvalue weighted by atomic mass is 16.5. The average Bonchev–Trinajstić information content (AvgIpc) is 2.59. The Kier molecular flexibility index (Phi) is 5.74. The van der Waals surface area contributed by atoms with Gasteiger partial charge in [-0.05, 0) is 23.6 Å². The molecule has 0 radical (unpaired) electrons. The smallest absolute Gasteiger partial charge is 0.339 e. The highest BCUT2D eigenvalue weighted by Gasteiger charge is 2.26. The third-order valence-corrected chi connectivity index (χ3v) is 3.81. The Morgan fingerprint density at radius 3 is 1.96 bits per heavy atom. The van der Waals surface area contributed by atoms with Gasteiger partial charge in [-0.3, -0.25) is 4.79 Å². The molecule has 126 valence electrons. The zero-order valence-corrected chi connectivity index (χ0v) is 14.5. The second-order valence-electron chi connectivity index (χ2n) is 6.21. The molecule has 0 aliphatic carbocycles. The first kappa shape index (κ1) is 17.7. The fraction of sp³-hybridized carbons (Fsp3) is 0.300. The summed E-state index contributed by atoms with van der Waals surface area (Å²) in [7, 11) is 3.28. The molecular weight excluding hydrogens is 302 g/mol. The first-order chi connectivity index (χ1) is 11.4. The van der Waals surface area contributed by atoms with Crippen LogP contribution in [-0.2, 0) is 9.53 Å². The molecule has 2 aromatic carbocycles. The van der Waals surface area contributed by atoms with Gasteiger partial charge in [0, 0.05) is 19.7 Å². The van der Waals surface area contributed by atoms with Gasteiger partial charge >= 0.3 is 5.97 Å². The summed E-state index contributed by atoms with van der Waals surface area (Å²) in [6.45, 7) is 4.18. The van der Waals surface area contributed by atoms with E-state index in [-0.39, 0.29) is 5.91 Å². The second-order valence-corrected chi connectivity index (χ2v) is 6.21. The SMILES string of the molecule is CC(C)c1ccc(C(=O)O[C@H](C(=O)N(C)C)c2ccccc2)cc1. The zero-order chi connectivity index (χ0) is 17.7. The highest BCUT2D eigenvalue weighted by molar-refractivity contribution is 5.92. The van der Waals surface area contributed by atoms with Crippen LogP contribution in [0.1, 0.15) is 47.4 Å². The van der Waals surface area contributed by atoms with Gasteiger partial charge < -0.3 is 9.64 Å². The van der Waals surface area contributed by atoms with E-state index in [0.717, 1.165) is 5.56 Å². The molecule has 2 aromatic rings. The number of rotatable bonds is 5. The van der Waals surface area contributed by atoms with Gasteiger partial charge in [-0.15, -0.1) is 0 Å². The molecule has 24 heavy (non-hydrogen) atoms. The van der Waals surface area contributed by atoms with E-state index in [9.17, 15) is 9.59 Å². The van der Waals surface area contributed by atoms with E-state index in [4.69, 9.17) is 4.74 Å². The van der Waals surface area contributed by atoms with Crippen molar-refractivity contribution in [3.8, 4) is 0 Å². The topological polar surface area (TPSA) is 46.6 Å². The Labute approximate surface area is 143 Å². The minimum atomic E-state index is -0.946. The van der Waals surface area contributed by atoms with Crippen molar-refractivity contribution in [3.05, 3.63) is 71.3 Å². The van der Waals surface area contributed by atoms with E-state index in [0.29, 0.717) is 17.0 Å². The molecule has 0 fully saturated rings. The van der Waals surface area contributed by atoms with Crippen molar-refractivity contribution in [1.82, 2.24) is 4.90 Å². The number of esters is 1. The lowest BCUT2D eigenvalue weighted by Crippen LogP contribution is -2.31. The van der Waals surface area contributed by atoms with Gasteiger partial charge in [-0.1, -0.05) is 56.3 Å². The van der Waals surface area contributed by atoms with Gasteiger partial charge in [0.1, 0.15) is 0 Å². The van der Waals surface area contributed by atoms with E-state index in [1.54, 1.807) is 38.4 Å². The van der Waals surface area contributed by atoms with Crippen molar-refractivity contribution >= 4 is 11.9 Å². The highest BCUT2D eigenvalue weighted by Crippen LogP contribution is 2.22. The third kappa shape index (κ3) is 4.22. The Morgan fingerprint density at radius 1 is 0.875 bits per heavy atom. The maximum Gasteiger partial charge on any atom is 0.339 e. The number of likely N-dealkylation sites (N-methyl/N-ethyl adjacent to an activating group) is 1. The second kappa shape index (κ2) is 7.77. The molecule has 0 spiro atoms. The van der Waals surface area contributed by atoms with E-state index < -0.39 is 12.1 Å². The predicted molar refractivity (Wildman–Crippen MR) is 93.8 cm³/mol. The molecule has 0 N–H and O–H groups in total. The summed E-state index contributed by atoms with van der Waals surface area (Å²) < 4.78 is 5.52. The fourth-order valence-corrected chi connectivity index (χ4v) is 2.30. The van der Waals surface area contributed by atoms with Crippen molar-refractivity contribution in [1.29, 1.82) is 0 Å². The minimum Gasteiger partial charge on any atom is -0.444 e. The van der Waals surface area contributed by atoms with Crippen LogP contribution in [-0.4, -0.2) is 30.9 Å². The molecule has 0 aromatic heterocycles. The number of ether oxygens (including phenoxy) is 1. The van der Waals surface area contributed by atoms with Gasteiger partial charge in [0.15, 0.2) is 0 Å². The molecule has 4 nitrogen and oxygen atoms in total. The Balaban J connectivity index is 2.22. The summed E-state index contributed by atoms with van der Waals surface area (Å²) in [5.41, 5.74) is 2.24. The lowest BCUT2D eigenvalue weighted by Gasteiger charge is -2.21. The van der Waals surface area contributed by atoms with Crippen molar-refractivity contribution in [3.63, 3.8) is 0 Å². The maximum atomic E-state index is 12.4. The predicted octanol–water partition coefficient (Wildman–Crippen LogP) is 3.80. The normalized spacial score (nSPS) is 11.9. The van der Waals surface area contributed by atoms with Crippen LogP contribution in [0.5, 0.6) is 0 Å². The van der Waals surface area contributed by atoms with Crippen LogP contribution < -0.4 is 0 Å². The molecule has 0 saturated heterocycles. The molecule has 2 rings (SSSR count). The van der Waals surface area contributed by atoms with E-state index in [1.165, 1.54) is 4.90 Å². The number of carbonyl (C=O) groups is 2. The molecule has 1 amide bonds. The summed E-state index contributed by atoms with van der Waals surface area (Å²) in [5.74, 6) is -0.384. The summed E-state index contributed by atoms with van der Waals surface area (Å²) >= 11 is 0. The Hall–Kier alpha value is -2.62. The van der Waals surface area contributed by atoms with Gasteiger partial charge in [0.05, 0.1) is 5.56 Å². The summed E-state index contributed by atoms with van der Waals surface area (Å²) in [4.78, 5) is 26.3. The van der Waals surface area contributed by atoms with Crippen LogP contribution in [0.15, 0.2) is 54.6 Å². The summed E-state index contributed by atoms with van der Waals surface area (Å²) in [6, 6.07) is 16.3. The number of amides is 1. The number of carbonyl (C=O) groups excluding carboxylic acids is 2. The van der Waals surface area contributed by atoms with Crippen molar-refractivity contribution < 1.29 is 14.3 Å². The van der Waals surface area contributed by atoms with Crippen LogP contribution in [0, 0.1) is 0 Å². The van der Waals surface area contributed by atoms with E-state index in [2.05, 4.69) is 13.8 Å². The van der Waals surface area contributed by atoms with Gasteiger partial charge in [-0.2, -0.15) is 0 Å². The molecular formula is C20H23NO3. The van der Waals surface area contributed by atoms with Crippen LogP contribution in [0.4, 0.5) is 0 Å². The van der Waals surface area contributed by atoms with Crippen molar-refractivity contribution in [2.75, 3.05) is 14.1 Å². The summed E-state index contributed by atoms with van der Waals surface area (Å²) in [5, 5.41) is 0. The molecule has 0 bridgehead atoms. The monoisotopic (exact) mass is 325 g/mol. The Bertz CT molecular complexity index is 691. The summed E-state index contributed by atoms with van der Waals surface area (Å²) in [6.07, 6.45) is -0.946. The molecule has 0 unspecified atom stereocenters. The number of hydrogen-bond acceptors (Lipinski definition) is 3. The number of nitrogens with zero attached hydrogens (tertiary/aromatic N) is 1. The largest absolute Gasteiger partial charge is 0.444 e. The average molecular weight is 325 g/mol. The fourth-order valence-electron chi connectivity index (χ4n) is 2.30. The van der Waals surface area contributed by atoms with E-state index >= 15 is 0 Å². The molecule has 4 heteroatoms. The van der Waals surface area contributed by atoms with Gasteiger partial charge in [0.2, 0.25) is 6.10 Å². The quantitative estimate of drug-likeness (QED) is 0.786. The third-order valence-electron chi connectivity index (χ3n) is 3.81. The minimum absolute atomic E-state index is 0.270. The Morgan fingerprint density at radius 2 is 1.46 bits per heavy atom. The molecule has 0 saturated carbocycles. The van der Waals surface area contributed by atoms with E-state index in [1.807, 2.05) is 30.3 Å². The molecule has 0 heterocycles. The zero-order valence-electron chi connectivity index (χ0n) is 14.5. The maximum absolute atomic E-state index is 12.4. The van der Waals surface area contributed by atoms with Crippen LogP contribution in [0.25, 0.3) is 0 Å². The van der Waals surface area contributed by atoms with Crippen molar-refractivity contribution in [2.45, 2.75) is 25.9 Å². The number of hydrogen-bond donors (Lipinski definition) is 0. The standard InChI is InChI=1S/C20H23NO3/c1-14(2)15-10-12-17(13-11-15)20(23)24-18(19(22)21(3)4)16-8-6-5-7-9-16/h5-14,18H,1-4H3/t18-/m0/s1. The lowest BCUT2D eigenvalue weighted by molar-refractivity contribution is -0.138. The van der Waals surface area contributed by atoms with Crippen molar-refractivity contribution in [2.24, 2.45) is 0 Å². The number of benzene rings is 2. The van der Waals surface area contributed by atoms with Crippen LogP contribution >= 0.6 is 0 Å².